The average molecular weight is 1080 g/mol. The molecule has 5 rings (SSSR count). The predicted molar refractivity (Wildman–Crippen MR) is 327 cm³/mol. The van der Waals surface area contributed by atoms with Gasteiger partial charge in [0.15, 0.2) is 0 Å². The Bertz CT molecular complexity index is 2080. The molecule has 4 nitrogen and oxygen atoms in total. The van der Waals surface area contributed by atoms with Crippen molar-refractivity contribution < 1.29 is 31.4 Å². The molecule has 0 atom stereocenters. The summed E-state index contributed by atoms with van der Waals surface area (Å²) in [6.45, 7) is 19.0. The van der Waals surface area contributed by atoms with E-state index in [1.165, 1.54) is 183 Å². The van der Waals surface area contributed by atoms with E-state index < -0.39 is 0 Å². The summed E-state index contributed by atoms with van der Waals surface area (Å²) in [5, 5.41) is 17.1. The third-order valence-corrected chi connectivity index (χ3v) is 15.4. The molecule has 1 heterocycles. The fourth-order valence-electron chi connectivity index (χ4n) is 10.9. The van der Waals surface area contributed by atoms with Gasteiger partial charge in [-0.1, -0.05) is 225 Å². The molecule has 0 amide bonds. The van der Waals surface area contributed by atoms with Crippen LogP contribution in [-0.2, 0) is 68.2 Å². The standard InChI is InChI=1S/C57H94N2.2C7H8O.Ni/c1-9-17-25-30-34-46-42-50(43-47(35-31-26-18-10-2)52(46)38-22-14-6)56-54(40-24-16-8)55(41-29-21-13-5)57(59(56)58)51-44-48(36-32-27-19-11-3)53(39-23-15-7)49(45-51)37-33-28-20-12-4;2*8-6-7-4-2-1-3-5-7;/h42-45H,9-41H2,1-8H3;2*1-5,8H,6H2;. The van der Waals surface area contributed by atoms with Crippen molar-refractivity contribution >= 4 is 11.4 Å². The smallest absolute Gasteiger partial charge is 0.211 e. The van der Waals surface area contributed by atoms with Crippen LogP contribution in [0, 0.1) is 0 Å². The van der Waals surface area contributed by atoms with Gasteiger partial charge in [0, 0.05) is 38.8 Å². The van der Waals surface area contributed by atoms with Gasteiger partial charge >= 0.3 is 0 Å². The van der Waals surface area contributed by atoms with Crippen molar-refractivity contribution in [1.29, 1.82) is 0 Å². The zero-order valence-corrected chi connectivity index (χ0v) is 50.9. The van der Waals surface area contributed by atoms with Crippen LogP contribution >= 0.6 is 0 Å². The molecule has 1 aliphatic heterocycles. The maximum atomic E-state index is 13.0. The van der Waals surface area contributed by atoms with Crippen LogP contribution in [0.1, 0.15) is 284 Å². The van der Waals surface area contributed by atoms with E-state index in [0.717, 1.165) is 73.9 Å². The Morgan fingerprint density at radius 2 is 0.592 bits per heavy atom. The summed E-state index contributed by atoms with van der Waals surface area (Å²) in [6.07, 6.45) is 40.6. The number of allylic oxidation sites excluding steroid dienone is 2. The molecule has 1 aliphatic rings. The van der Waals surface area contributed by atoms with E-state index in [1.807, 2.05) is 60.7 Å². The van der Waals surface area contributed by atoms with Crippen molar-refractivity contribution in [1.82, 2.24) is 0 Å². The molecule has 426 valence electrons. The summed E-state index contributed by atoms with van der Waals surface area (Å²) < 4.78 is 1.75. The van der Waals surface area contributed by atoms with E-state index in [-0.39, 0.29) is 29.7 Å². The second-order valence-corrected chi connectivity index (χ2v) is 21.8. The molecule has 0 spiro atoms. The van der Waals surface area contributed by atoms with Gasteiger partial charge in [0.25, 0.3) is 0 Å². The summed E-state index contributed by atoms with van der Waals surface area (Å²) >= 11 is 0. The molecule has 5 heteroatoms. The minimum absolute atomic E-state index is 0. The van der Waals surface area contributed by atoms with E-state index in [2.05, 4.69) is 79.7 Å². The molecule has 0 saturated carbocycles. The van der Waals surface area contributed by atoms with Gasteiger partial charge in [-0.05, 0) is 172 Å². The van der Waals surface area contributed by atoms with Crippen LogP contribution in [0.15, 0.2) is 96.1 Å². The first-order chi connectivity index (χ1) is 36.8. The van der Waals surface area contributed by atoms with E-state index in [9.17, 15) is 5.53 Å². The number of hydrogen-bond acceptors (Lipinski definition) is 2. The SMILES string of the molecule is CCCCCCc1cc(C2=C(CCCC)C(CCCCC)=C(c3cc(CCCCCC)c(CCCC)c(CCCCCC)c3)[N+]2=[N-])cc(CCCCCC)c1CCCC.OCc1ccccc1.OCc1ccccc1.[Ni]. The zero-order chi connectivity index (χ0) is 54.3. The molecule has 4 aromatic carbocycles. The van der Waals surface area contributed by atoms with Crippen molar-refractivity contribution in [3.63, 3.8) is 0 Å². The molecule has 76 heavy (non-hydrogen) atoms. The van der Waals surface area contributed by atoms with Gasteiger partial charge < -0.3 is 15.7 Å². The summed E-state index contributed by atoms with van der Waals surface area (Å²) in [7, 11) is 0. The molecular formula is C71H110N2NiO2. The fraction of sp³-hybridized carbons (Fsp3) is 0.606. The van der Waals surface area contributed by atoms with Crippen molar-refractivity contribution in [3.05, 3.63) is 157 Å². The van der Waals surface area contributed by atoms with Crippen molar-refractivity contribution in [2.45, 2.75) is 280 Å². The normalized spacial score (nSPS) is 12.2. The second-order valence-electron chi connectivity index (χ2n) is 21.8. The van der Waals surface area contributed by atoms with Gasteiger partial charge in [-0.25, -0.2) is 4.70 Å². The number of benzene rings is 4. The van der Waals surface area contributed by atoms with Gasteiger partial charge in [-0.3, -0.25) is 0 Å². The first kappa shape index (κ1) is 68.5. The number of aliphatic hydroxyl groups excluding tert-OH is 2. The number of aryl methyl sites for hydroxylation is 4. The minimum Gasteiger partial charge on any atom is -0.493 e. The molecule has 2 N–H and O–H groups in total. The number of aliphatic hydroxyl groups is 2. The third-order valence-electron chi connectivity index (χ3n) is 15.4. The molecule has 0 unspecified atom stereocenters. The largest absolute Gasteiger partial charge is 0.493 e. The van der Waals surface area contributed by atoms with E-state index in [1.54, 1.807) is 38.1 Å². The third kappa shape index (κ3) is 24.6. The monoisotopic (exact) mass is 1080 g/mol. The fourth-order valence-corrected chi connectivity index (χ4v) is 10.9. The summed E-state index contributed by atoms with van der Waals surface area (Å²) in [4.78, 5) is 0. The van der Waals surface area contributed by atoms with Crippen LogP contribution < -0.4 is 0 Å². The second kappa shape index (κ2) is 43.3. The molecule has 0 fully saturated rings. The quantitative estimate of drug-likeness (QED) is 0.0268. The van der Waals surface area contributed by atoms with Gasteiger partial charge in [0.2, 0.25) is 11.4 Å². The van der Waals surface area contributed by atoms with Crippen molar-refractivity contribution in [3.8, 4) is 0 Å². The number of nitrogens with zero attached hydrogens (tertiary/aromatic N) is 2. The molecule has 0 aliphatic carbocycles. The Kier molecular flexibility index (Phi) is 39.0. The van der Waals surface area contributed by atoms with Crippen LogP contribution in [0.5, 0.6) is 0 Å². The summed E-state index contributed by atoms with van der Waals surface area (Å²) in [6, 6.07) is 29.3. The van der Waals surface area contributed by atoms with E-state index in [0.29, 0.717) is 0 Å². The molecule has 0 aromatic heterocycles. The van der Waals surface area contributed by atoms with Gasteiger partial charge in [-0.15, -0.1) is 0 Å². The van der Waals surface area contributed by atoms with Crippen molar-refractivity contribution in [2.75, 3.05) is 0 Å². The van der Waals surface area contributed by atoms with Crippen LogP contribution in [0.4, 0.5) is 0 Å². The van der Waals surface area contributed by atoms with Crippen LogP contribution in [-0.4, -0.2) is 14.9 Å². The van der Waals surface area contributed by atoms with Crippen molar-refractivity contribution in [2.24, 2.45) is 0 Å². The average Bonchev–Trinajstić information content (AvgIpc) is 3.72. The van der Waals surface area contributed by atoms with Crippen LogP contribution in [0.3, 0.4) is 0 Å². The first-order valence-corrected chi connectivity index (χ1v) is 31.4. The topological polar surface area (TPSA) is 65.8 Å². The Hall–Kier alpha value is -3.63. The van der Waals surface area contributed by atoms with Gasteiger partial charge in [-0.2, -0.15) is 0 Å². The van der Waals surface area contributed by atoms with Crippen LogP contribution in [0.2, 0.25) is 0 Å². The van der Waals surface area contributed by atoms with E-state index in [4.69, 9.17) is 10.2 Å². The predicted octanol–water partition coefficient (Wildman–Crippen LogP) is 21.2. The number of unbranched alkanes of at least 4 members (excludes halogenated alkanes) is 17. The molecule has 0 radical (unpaired) electrons. The maximum absolute atomic E-state index is 13.0. The van der Waals surface area contributed by atoms with Crippen LogP contribution in [0.25, 0.3) is 16.9 Å². The summed E-state index contributed by atoms with van der Waals surface area (Å²) in [5.74, 6) is 0. The summed E-state index contributed by atoms with van der Waals surface area (Å²) in [5.41, 5.74) is 32.2. The minimum atomic E-state index is 0. The Morgan fingerprint density at radius 3 is 0.868 bits per heavy atom. The Labute approximate surface area is 477 Å². The molecule has 0 saturated heterocycles. The molecule has 4 aromatic rings. The molecular weight excluding hydrogens is 971 g/mol. The number of hydrogen-bond donors (Lipinski definition) is 2. The van der Waals surface area contributed by atoms with Gasteiger partial charge in [0.1, 0.15) is 0 Å². The zero-order valence-electron chi connectivity index (χ0n) is 49.9. The molecule has 0 bridgehead atoms. The van der Waals surface area contributed by atoms with E-state index >= 15 is 0 Å². The first-order valence-electron chi connectivity index (χ1n) is 31.4. The Balaban J connectivity index is 0.000000981. The Morgan fingerprint density at radius 1 is 0.329 bits per heavy atom. The van der Waals surface area contributed by atoms with Gasteiger partial charge in [0.05, 0.1) is 13.2 Å². The number of rotatable bonds is 37. The maximum Gasteiger partial charge on any atom is 0.211 e.